The van der Waals surface area contributed by atoms with Crippen molar-refractivity contribution in [1.82, 2.24) is 5.32 Å². The average Bonchev–Trinajstić information content (AvgIpc) is 2.51. The van der Waals surface area contributed by atoms with Gasteiger partial charge < -0.3 is 10.4 Å². The molecule has 0 saturated heterocycles. The molecule has 3 heteroatoms. The van der Waals surface area contributed by atoms with Gasteiger partial charge in [-0.3, -0.25) is 4.79 Å². The summed E-state index contributed by atoms with van der Waals surface area (Å²) < 4.78 is 0. The van der Waals surface area contributed by atoms with E-state index in [9.17, 15) is 4.79 Å². The van der Waals surface area contributed by atoms with E-state index in [0.717, 1.165) is 25.7 Å². The molecule has 1 aromatic carbocycles. The van der Waals surface area contributed by atoms with Gasteiger partial charge in [0, 0.05) is 12.1 Å². The van der Waals surface area contributed by atoms with Gasteiger partial charge in [-0.15, -0.1) is 0 Å². The lowest BCUT2D eigenvalue weighted by Crippen LogP contribution is -2.38. The molecule has 0 spiro atoms. The molecule has 0 radical (unpaired) electrons. The SMILES string of the molecule is CC1CCC(NC2CCC(C(=O)O)CC2)c2ccccc21. The molecule has 2 atom stereocenters. The molecule has 2 N–H and O–H groups in total. The number of hydrogen-bond acceptors (Lipinski definition) is 2. The lowest BCUT2D eigenvalue weighted by Gasteiger charge is -2.35. The fourth-order valence-electron chi connectivity index (χ4n) is 3.97. The molecule has 1 saturated carbocycles. The van der Waals surface area contributed by atoms with Crippen LogP contribution in [-0.4, -0.2) is 17.1 Å². The van der Waals surface area contributed by atoms with Gasteiger partial charge >= 0.3 is 5.97 Å². The summed E-state index contributed by atoms with van der Waals surface area (Å²) in [4.78, 5) is 11.0. The summed E-state index contributed by atoms with van der Waals surface area (Å²) in [5.74, 6) is -0.0889. The Bertz CT molecular complexity index is 506. The van der Waals surface area contributed by atoms with Crippen LogP contribution >= 0.6 is 0 Å². The Morgan fingerprint density at radius 3 is 2.38 bits per heavy atom. The first-order chi connectivity index (χ1) is 10.1. The third-order valence-corrected chi connectivity index (χ3v) is 5.30. The normalized spacial score (nSPS) is 32.4. The second-order valence-corrected chi connectivity index (χ2v) is 6.71. The molecule has 0 aliphatic heterocycles. The lowest BCUT2D eigenvalue weighted by molar-refractivity contribution is -0.142. The van der Waals surface area contributed by atoms with E-state index >= 15 is 0 Å². The van der Waals surface area contributed by atoms with Crippen LogP contribution in [0.15, 0.2) is 24.3 Å². The first-order valence-corrected chi connectivity index (χ1v) is 8.23. The molecule has 3 rings (SSSR count). The van der Waals surface area contributed by atoms with E-state index < -0.39 is 5.97 Å². The molecule has 21 heavy (non-hydrogen) atoms. The number of fused-ring (bicyclic) bond motifs is 1. The van der Waals surface area contributed by atoms with Crippen LogP contribution in [0.1, 0.15) is 68.5 Å². The first-order valence-electron chi connectivity index (χ1n) is 8.23. The second kappa shape index (κ2) is 6.18. The number of nitrogens with one attached hydrogen (secondary N) is 1. The maximum absolute atomic E-state index is 11.0. The summed E-state index contributed by atoms with van der Waals surface area (Å²) in [5.41, 5.74) is 2.94. The number of hydrogen-bond donors (Lipinski definition) is 2. The van der Waals surface area contributed by atoms with Gasteiger partial charge in [-0.05, 0) is 55.6 Å². The van der Waals surface area contributed by atoms with Crippen LogP contribution in [0.2, 0.25) is 0 Å². The van der Waals surface area contributed by atoms with Crippen molar-refractivity contribution in [3.05, 3.63) is 35.4 Å². The van der Waals surface area contributed by atoms with Crippen molar-refractivity contribution in [2.24, 2.45) is 5.92 Å². The topological polar surface area (TPSA) is 49.3 Å². The molecule has 3 nitrogen and oxygen atoms in total. The minimum atomic E-state index is -0.620. The Morgan fingerprint density at radius 1 is 1.05 bits per heavy atom. The van der Waals surface area contributed by atoms with Crippen LogP contribution in [0.3, 0.4) is 0 Å². The summed E-state index contributed by atoms with van der Waals surface area (Å²) in [6, 6.07) is 9.71. The maximum atomic E-state index is 11.0. The third kappa shape index (κ3) is 3.13. The summed E-state index contributed by atoms with van der Waals surface area (Å²) >= 11 is 0. The molecule has 0 amide bonds. The minimum absolute atomic E-state index is 0.123. The molecule has 2 aliphatic rings. The molecule has 2 aliphatic carbocycles. The van der Waals surface area contributed by atoms with Gasteiger partial charge in [0.2, 0.25) is 0 Å². The third-order valence-electron chi connectivity index (χ3n) is 5.30. The van der Waals surface area contributed by atoms with Crippen molar-refractivity contribution < 1.29 is 9.90 Å². The molecular weight excluding hydrogens is 262 g/mol. The summed E-state index contributed by atoms with van der Waals surface area (Å²) in [6.45, 7) is 2.31. The van der Waals surface area contributed by atoms with Gasteiger partial charge in [0.15, 0.2) is 0 Å². The Balaban J connectivity index is 1.64. The Labute approximate surface area is 126 Å². The summed E-state index contributed by atoms with van der Waals surface area (Å²) in [7, 11) is 0. The predicted molar refractivity (Wildman–Crippen MR) is 83.3 cm³/mol. The molecule has 0 heterocycles. The molecular formula is C18H25NO2. The van der Waals surface area contributed by atoms with Crippen LogP contribution in [0, 0.1) is 5.92 Å². The number of rotatable bonds is 3. The Morgan fingerprint density at radius 2 is 1.71 bits per heavy atom. The maximum Gasteiger partial charge on any atom is 0.306 e. The lowest BCUT2D eigenvalue weighted by atomic mass is 9.79. The number of carboxylic acids is 1. The van der Waals surface area contributed by atoms with E-state index in [1.54, 1.807) is 0 Å². The minimum Gasteiger partial charge on any atom is -0.481 e. The highest BCUT2D eigenvalue weighted by Crippen LogP contribution is 2.38. The molecule has 1 fully saturated rings. The van der Waals surface area contributed by atoms with Crippen LogP contribution in [-0.2, 0) is 4.79 Å². The number of carboxylic acid groups (broad SMARTS) is 1. The van der Waals surface area contributed by atoms with Crippen molar-refractivity contribution in [1.29, 1.82) is 0 Å². The number of benzene rings is 1. The van der Waals surface area contributed by atoms with Crippen LogP contribution in [0.5, 0.6) is 0 Å². The highest BCUT2D eigenvalue weighted by Gasteiger charge is 2.30. The van der Waals surface area contributed by atoms with Gasteiger partial charge in [0.25, 0.3) is 0 Å². The highest BCUT2D eigenvalue weighted by atomic mass is 16.4. The van der Waals surface area contributed by atoms with Crippen molar-refractivity contribution in [3.8, 4) is 0 Å². The van der Waals surface area contributed by atoms with Crippen LogP contribution in [0.25, 0.3) is 0 Å². The van der Waals surface area contributed by atoms with Crippen LogP contribution < -0.4 is 5.32 Å². The Hall–Kier alpha value is -1.35. The molecule has 1 aromatic rings. The first kappa shape index (κ1) is 14.6. The Kier molecular flexibility index (Phi) is 4.29. The standard InChI is InChI=1S/C18H25NO2/c1-12-6-11-17(16-5-3-2-4-15(12)16)19-14-9-7-13(8-10-14)18(20)21/h2-5,12-14,17,19H,6-11H2,1H3,(H,20,21). The largest absolute Gasteiger partial charge is 0.481 e. The number of aliphatic carboxylic acids is 1. The van der Waals surface area contributed by atoms with E-state index in [4.69, 9.17) is 5.11 Å². The smallest absolute Gasteiger partial charge is 0.306 e. The van der Waals surface area contributed by atoms with Crippen molar-refractivity contribution in [2.45, 2.75) is 63.5 Å². The van der Waals surface area contributed by atoms with E-state index in [-0.39, 0.29) is 5.92 Å². The van der Waals surface area contributed by atoms with E-state index in [2.05, 4.69) is 36.5 Å². The van der Waals surface area contributed by atoms with Gasteiger partial charge in [-0.2, -0.15) is 0 Å². The van der Waals surface area contributed by atoms with Crippen molar-refractivity contribution >= 4 is 5.97 Å². The fourth-order valence-corrected chi connectivity index (χ4v) is 3.97. The van der Waals surface area contributed by atoms with Crippen molar-refractivity contribution in [3.63, 3.8) is 0 Å². The van der Waals surface area contributed by atoms with Crippen molar-refractivity contribution in [2.75, 3.05) is 0 Å². The number of carbonyl (C=O) groups is 1. The summed E-state index contributed by atoms with van der Waals surface area (Å²) in [5, 5.41) is 12.9. The molecule has 114 valence electrons. The molecule has 0 bridgehead atoms. The molecule has 2 unspecified atom stereocenters. The molecule has 0 aromatic heterocycles. The zero-order valence-corrected chi connectivity index (χ0v) is 12.7. The van der Waals surface area contributed by atoms with Gasteiger partial charge in [-0.25, -0.2) is 0 Å². The van der Waals surface area contributed by atoms with E-state index in [1.807, 2.05) is 0 Å². The summed E-state index contributed by atoms with van der Waals surface area (Å²) in [6.07, 6.45) is 6.04. The van der Waals surface area contributed by atoms with E-state index in [0.29, 0.717) is 18.0 Å². The van der Waals surface area contributed by atoms with Gasteiger partial charge in [-0.1, -0.05) is 31.2 Å². The quantitative estimate of drug-likeness (QED) is 0.887. The zero-order valence-electron chi connectivity index (χ0n) is 12.7. The van der Waals surface area contributed by atoms with E-state index in [1.165, 1.54) is 24.0 Å². The van der Waals surface area contributed by atoms with Gasteiger partial charge in [0.05, 0.1) is 5.92 Å². The fraction of sp³-hybridized carbons (Fsp3) is 0.611. The van der Waals surface area contributed by atoms with Crippen LogP contribution in [0.4, 0.5) is 0 Å². The average molecular weight is 287 g/mol. The van der Waals surface area contributed by atoms with Gasteiger partial charge in [0.1, 0.15) is 0 Å². The zero-order chi connectivity index (χ0) is 14.8. The predicted octanol–water partition coefficient (Wildman–Crippen LogP) is 3.86. The second-order valence-electron chi connectivity index (χ2n) is 6.71. The highest BCUT2D eigenvalue weighted by molar-refractivity contribution is 5.70. The monoisotopic (exact) mass is 287 g/mol.